The molecule has 5 nitrogen and oxygen atoms in total. The topological polar surface area (TPSA) is 64.6 Å². The summed E-state index contributed by atoms with van der Waals surface area (Å²) in [6.07, 6.45) is -0.108. The molecule has 0 saturated heterocycles. The number of carbonyl (C=O) groups excluding carboxylic acids is 2. The highest BCUT2D eigenvalue weighted by Crippen LogP contribution is 2.31. The van der Waals surface area contributed by atoms with Crippen molar-refractivity contribution in [3.63, 3.8) is 0 Å². The number of hydrogen-bond acceptors (Lipinski definition) is 4. The van der Waals surface area contributed by atoms with Crippen LogP contribution in [0.4, 0.5) is 4.79 Å². The zero-order valence-corrected chi connectivity index (χ0v) is 14.0. The van der Waals surface area contributed by atoms with Crippen LogP contribution in [0.2, 0.25) is 0 Å². The molecule has 0 aromatic heterocycles. The summed E-state index contributed by atoms with van der Waals surface area (Å²) in [5.41, 5.74) is -0.702. The van der Waals surface area contributed by atoms with Crippen molar-refractivity contribution in [1.29, 1.82) is 0 Å². The minimum Gasteiger partial charge on any atom is -0.467 e. The van der Waals surface area contributed by atoms with Crippen LogP contribution in [0.1, 0.15) is 54.9 Å². The molecule has 0 saturated carbocycles. The van der Waals surface area contributed by atoms with Crippen molar-refractivity contribution >= 4 is 12.1 Å². The minimum atomic E-state index is -0.702. The number of nitrogens with one attached hydrogen (secondary N) is 1. The smallest absolute Gasteiger partial charge is 0.408 e. The van der Waals surface area contributed by atoms with Crippen molar-refractivity contribution in [3.05, 3.63) is 0 Å². The van der Waals surface area contributed by atoms with Gasteiger partial charge in [0.1, 0.15) is 11.6 Å². The lowest BCUT2D eigenvalue weighted by molar-refractivity contribution is -0.144. The van der Waals surface area contributed by atoms with Crippen molar-refractivity contribution in [3.8, 4) is 0 Å². The van der Waals surface area contributed by atoms with Gasteiger partial charge in [0.2, 0.25) is 0 Å². The first kappa shape index (κ1) is 18.7. The van der Waals surface area contributed by atoms with Crippen molar-refractivity contribution < 1.29 is 19.1 Å². The molecule has 0 aliphatic rings. The van der Waals surface area contributed by atoms with Gasteiger partial charge < -0.3 is 14.8 Å². The van der Waals surface area contributed by atoms with Gasteiger partial charge in [-0.3, -0.25) is 0 Å². The molecule has 0 radical (unpaired) electrons. The van der Waals surface area contributed by atoms with Crippen molar-refractivity contribution in [2.24, 2.45) is 11.3 Å². The lowest BCUT2D eigenvalue weighted by Crippen LogP contribution is -2.46. The Hall–Kier alpha value is -1.26. The molecule has 0 spiro atoms. The predicted octanol–water partition coefficient (Wildman–Crippen LogP) is 3.13. The van der Waals surface area contributed by atoms with Gasteiger partial charge in [-0.2, -0.15) is 0 Å². The van der Waals surface area contributed by atoms with Crippen LogP contribution in [0.15, 0.2) is 0 Å². The summed E-state index contributed by atoms with van der Waals surface area (Å²) in [5.74, 6) is -0.0836. The summed E-state index contributed by atoms with van der Waals surface area (Å²) in [5, 5.41) is 2.60. The lowest BCUT2D eigenvalue weighted by Gasteiger charge is -2.33. The highest BCUT2D eigenvalue weighted by atomic mass is 16.6. The monoisotopic (exact) mass is 287 g/mol. The van der Waals surface area contributed by atoms with Gasteiger partial charge in [0, 0.05) is 0 Å². The fourth-order valence-corrected chi connectivity index (χ4v) is 1.55. The van der Waals surface area contributed by atoms with Gasteiger partial charge in [0.25, 0.3) is 0 Å². The molecule has 0 aromatic carbocycles. The highest BCUT2D eigenvalue weighted by molar-refractivity contribution is 5.81. The Balaban J connectivity index is 4.84. The van der Waals surface area contributed by atoms with E-state index in [1.54, 1.807) is 20.8 Å². The number of hydrogen-bond donors (Lipinski definition) is 1. The molecule has 0 bridgehead atoms. The molecule has 0 fully saturated rings. The molecule has 0 aromatic rings. The predicted molar refractivity (Wildman–Crippen MR) is 78.4 cm³/mol. The van der Waals surface area contributed by atoms with Crippen molar-refractivity contribution in [1.82, 2.24) is 5.32 Å². The molecule has 0 aliphatic carbocycles. The number of methoxy groups -OCH3 is 1. The number of rotatable bonds is 5. The Morgan fingerprint density at radius 3 is 1.95 bits per heavy atom. The summed E-state index contributed by atoms with van der Waals surface area (Å²) in [6, 6.07) is -0.702. The zero-order chi connectivity index (χ0) is 16.1. The van der Waals surface area contributed by atoms with E-state index < -0.39 is 23.7 Å². The van der Waals surface area contributed by atoms with Gasteiger partial charge in [0.05, 0.1) is 7.11 Å². The molecule has 0 rings (SSSR count). The summed E-state index contributed by atoms with van der Waals surface area (Å²) < 4.78 is 9.94. The Kier molecular flexibility index (Phi) is 6.51. The Labute approximate surface area is 122 Å². The van der Waals surface area contributed by atoms with Gasteiger partial charge in [-0.1, -0.05) is 27.7 Å². The normalized spacial score (nSPS) is 13.8. The largest absolute Gasteiger partial charge is 0.467 e. The average molecular weight is 287 g/mol. The summed E-state index contributed by atoms with van der Waals surface area (Å²) in [4.78, 5) is 23.6. The third kappa shape index (κ3) is 6.78. The number of alkyl carbamates (subject to hydrolysis) is 1. The van der Waals surface area contributed by atoms with E-state index in [4.69, 9.17) is 9.47 Å². The van der Waals surface area contributed by atoms with E-state index in [2.05, 4.69) is 33.0 Å². The van der Waals surface area contributed by atoms with Crippen LogP contribution < -0.4 is 5.32 Å². The molecule has 1 atom stereocenters. The average Bonchev–Trinajstić information content (AvgIpc) is 2.23. The van der Waals surface area contributed by atoms with Crippen LogP contribution in [0.25, 0.3) is 0 Å². The number of ether oxygens (including phenoxy) is 2. The van der Waals surface area contributed by atoms with Crippen LogP contribution in [0, 0.1) is 11.3 Å². The maximum absolute atomic E-state index is 11.8. The first-order valence-electron chi connectivity index (χ1n) is 6.96. The molecule has 20 heavy (non-hydrogen) atoms. The van der Waals surface area contributed by atoms with Crippen LogP contribution in [-0.2, 0) is 14.3 Å². The molecule has 0 aliphatic heterocycles. The van der Waals surface area contributed by atoms with Crippen LogP contribution in [0.5, 0.6) is 0 Å². The fraction of sp³-hybridized carbons (Fsp3) is 0.867. The van der Waals surface area contributed by atoms with E-state index in [0.717, 1.165) is 0 Å². The second-order valence-electron chi connectivity index (χ2n) is 7.07. The van der Waals surface area contributed by atoms with E-state index >= 15 is 0 Å². The molecule has 1 N–H and O–H groups in total. The third-order valence-electron chi connectivity index (χ3n) is 3.47. The molecular weight excluding hydrogens is 258 g/mol. The Bertz CT molecular complexity index is 342. The number of carbonyl (C=O) groups is 2. The maximum Gasteiger partial charge on any atom is 0.408 e. The molecular formula is C15H29NO4. The second-order valence-corrected chi connectivity index (χ2v) is 7.07. The van der Waals surface area contributed by atoms with Gasteiger partial charge >= 0.3 is 12.1 Å². The first-order valence-corrected chi connectivity index (χ1v) is 6.96. The molecule has 118 valence electrons. The van der Waals surface area contributed by atoms with E-state index in [1.807, 2.05) is 0 Å². The standard InChI is InChI=1S/C15H29NO4/c1-10(2)15(6,7)9-11(12(17)19-8)16-13(18)20-14(3,4)5/h10-11H,9H2,1-8H3,(H,16,18). The van der Waals surface area contributed by atoms with E-state index in [0.29, 0.717) is 12.3 Å². The summed E-state index contributed by atoms with van der Waals surface area (Å²) in [7, 11) is 1.31. The van der Waals surface area contributed by atoms with Crippen LogP contribution >= 0.6 is 0 Å². The Morgan fingerprint density at radius 1 is 1.10 bits per heavy atom. The van der Waals surface area contributed by atoms with E-state index in [9.17, 15) is 9.59 Å². The number of amides is 1. The van der Waals surface area contributed by atoms with Crippen molar-refractivity contribution in [2.45, 2.75) is 66.5 Å². The van der Waals surface area contributed by atoms with Gasteiger partial charge in [-0.25, -0.2) is 9.59 Å². The SMILES string of the molecule is COC(=O)C(CC(C)(C)C(C)C)NC(=O)OC(C)(C)C. The van der Waals surface area contributed by atoms with E-state index in [-0.39, 0.29) is 5.41 Å². The maximum atomic E-state index is 11.8. The summed E-state index contributed by atoms with van der Waals surface area (Å²) >= 11 is 0. The summed E-state index contributed by atoms with van der Waals surface area (Å²) in [6.45, 7) is 13.6. The molecule has 0 heterocycles. The number of esters is 1. The quantitative estimate of drug-likeness (QED) is 0.789. The molecule has 1 amide bonds. The third-order valence-corrected chi connectivity index (χ3v) is 3.47. The zero-order valence-electron chi connectivity index (χ0n) is 14.0. The second kappa shape index (κ2) is 6.95. The van der Waals surface area contributed by atoms with Gasteiger partial charge in [0.15, 0.2) is 0 Å². The van der Waals surface area contributed by atoms with Gasteiger partial charge in [-0.15, -0.1) is 0 Å². The lowest BCUT2D eigenvalue weighted by atomic mass is 9.76. The van der Waals surface area contributed by atoms with Crippen LogP contribution in [-0.4, -0.2) is 30.8 Å². The fourth-order valence-electron chi connectivity index (χ4n) is 1.55. The molecule has 1 unspecified atom stereocenters. The van der Waals surface area contributed by atoms with Crippen LogP contribution in [0.3, 0.4) is 0 Å². The first-order chi connectivity index (χ1) is 8.89. The minimum absolute atomic E-state index is 0.103. The van der Waals surface area contributed by atoms with E-state index in [1.165, 1.54) is 7.11 Å². The Morgan fingerprint density at radius 2 is 1.60 bits per heavy atom. The van der Waals surface area contributed by atoms with Gasteiger partial charge in [-0.05, 0) is 38.5 Å². The highest BCUT2D eigenvalue weighted by Gasteiger charge is 2.33. The van der Waals surface area contributed by atoms with Crippen molar-refractivity contribution in [2.75, 3.05) is 7.11 Å². The molecule has 5 heteroatoms.